The quantitative estimate of drug-likeness (QED) is 0.753. The van der Waals surface area contributed by atoms with Gasteiger partial charge in [-0.25, -0.2) is 0 Å². The largest absolute Gasteiger partial charge is 0.468 e. The fourth-order valence-corrected chi connectivity index (χ4v) is 3.04. The molecule has 1 aliphatic rings. The molecule has 1 atom stereocenters. The van der Waals surface area contributed by atoms with Gasteiger partial charge in [0.05, 0.1) is 7.11 Å². The third-order valence-electron chi connectivity index (χ3n) is 3.17. The molecule has 0 bridgehead atoms. The van der Waals surface area contributed by atoms with Crippen LogP contribution < -0.4 is 0 Å². The summed E-state index contributed by atoms with van der Waals surface area (Å²) >= 11 is 1.78. The maximum Gasteiger partial charge on any atom is 0.323 e. The number of thiophene rings is 1. The maximum absolute atomic E-state index is 11.4. The van der Waals surface area contributed by atoms with Crippen LogP contribution in [0.2, 0.25) is 0 Å². The highest BCUT2D eigenvalue weighted by molar-refractivity contribution is 7.10. The first-order valence-electron chi connectivity index (χ1n) is 5.63. The molecule has 0 aliphatic carbocycles. The van der Waals surface area contributed by atoms with Gasteiger partial charge in [0, 0.05) is 18.0 Å². The van der Waals surface area contributed by atoms with Crippen molar-refractivity contribution in [3.63, 3.8) is 0 Å². The van der Waals surface area contributed by atoms with E-state index < -0.39 is 0 Å². The highest BCUT2D eigenvalue weighted by atomic mass is 32.1. The summed E-state index contributed by atoms with van der Waals surface area (Å²) in [6.07, 6.45) is 2.00. The van der Waals surface area contributed by atoms with Crippen molar-refractivity contribution in [3.8, 4) is 0 Å². The molecule has 88 valence electrons. The molecule has 0 aromatic carbocycles. The van der Waals surface area contributed by atoms with E-state index in [-0.39, 0.29) is 12.0 Å². The van der Waals surface area contributed by atoms with Crippen LogP contribution >= 0.6 is 11.3 Å². The molecule has 16 heavy (non-hydrogen) atoms. The maximum atomic E-state index is 11.4. The van der Waals surface area contributed by atoms with Gasteiger partial charge in [0.2, 0.25) is 0 Å². The molecule has 0 amide bonds. The van der Waals surface area contributed by atoms with E-state index in [0.717, 1.165) is 25.9 Å². The third kappa shape index (κ3) is 2.13. The Labute approximate surface area is 100 Å². The Bertz CT molecular complexity index is 375. The Morgan fingerprint density at radius 1 is 1.69 bits per heavy atom. The number of hydrogen-bond acceptors (Lipinski definition) is 4. The molecule has 0 radical (unpaired) electrons. The van der Waals surface area contributed by atoms with E-state index in [2.05, 4.69) is 23.3 Å². The van der Waals surface area contributed by atoms with Gasteiger partial charge in [-0.05, 0) is 29.9 Å². The molecule has 1 fully saturated rings. The molecule has 1 aromatic rings. The molecule has 3 nitrogen and oxygen atoms in total. The van der Waals surface area contributed by atoms with E-state index in [1.54, 1.807) is 11.3 Å². The molecular formula is C12H17NO2S. The monoisotopic (exact) mass is 239 g/mol. The summed E-state index contributed by atoms with van der Waals surface area (Å²) in [5, 5.41) is 2.13. The number of rotatable bonds is 4. The van der Waals surface area contributed by atoms with Gasteiger partial charge in [-0.3, -0.25) is 9.69 Å². The Balaban J connectivity index is 1.98. The van der Waals surface area contributed by atoms with Crippen LogP contribution in [0, 0.1) is 0 Å². The van der Waals surface area contributed by atoms with Crippen LogP contribution in [-0.4, -0.2) is 30.6 Å². The molecule has 2 heterocycles. The number of hydrogen-bond donors (Lipinski definition) is 0. The summed E-state index contributed by atoms with van der Waals surface area (Å²) in [6.45, 7) is 4.06. The van der Waals surface area contributed by atoms with Gasteiger partial charge in [0.25, 0.3) is 0 Å². The van der Waals surface area contributed by atoms with Gasteiger partial charge >= 0.3 is 5.97 Å². The van der Waals surface area contributed by atoms with Crippen LogP contribution in [-0.2, 0) is 22.5 Å². The fraction of sp³-hybridized carbons (Fsp3) is 0.583. The fourth-order valence-electron chi connectivity index (χ4n) is 2.04. The van der Waals surface area contributed by atoms with Gasteiger partial charge in [0.15, 0.2) is 0 Å². The van der Waals surface area contributed by atoms with Gasteiger partial charge in [-0.2, -0.15) is 0 Å². The second kappa shape index (κ2) is 4.97. The van der Waals surface area contributed by atoms with Crippen LogP contribution in [0.5, 0.6) is 0 Å². The van der Waals surface area contributed by atoms with Crippen molar-refractivity contribution >= 4 is 17.3 Å². The van der Waals surface area contributed by atoms with E-state index in [4.69, 9.17) is 4.74 Å². The van der Waals surface area contributed by atoms with Crippen molar-refractivity contribution in [3.05, 3.63) is 21.9 Å². The lowest BCUT2D eigenvalue weighted by Crippen LogP contribution is -2.52. The van der Waals surface area contributed by atoms with E-state index in [9.17, 15) is 4.79 Å². The Hall–Kier alpha value is -0.870. The summed E-state index contributed by atoms with van der Waals surface area (Å²) in [7, 11) is 1.46. The van der Waals surface area contributed by atoms with Crippen LogP contribution in [0.25, 0.3) is 0 Å². The predicted octanol–water partition coefficient (Wildman–Crippen LogP) is 2.06. The van der Waals surface area contributed by atoms with Gasteiger partial charge < -0.3 is 4.74 Å². The predicted molar refractivity (Wildman–Crippen MR) is 64.5 cm³/mol. The first-order valence-corrected chi connectivity index (χ1v) is 6.51. The average molecular weight is 239 g/mol. The lowest BCUT2D eigenvalue weighted by Gasteiger charge is -2.38. The summed E-state index contributed by atoms with van der Waals surface area (Å²) in [5.41, 5.74) is 1.40. The molecule has 1 aromatic heterocycles. The molecule has 0 saturated carbocycles. The zero-order chi connectivity index (χ0) is 11.5. The van der Waals surface area contributed by atoms with E-state index in [1.165, 1.54) is 17.6 Å². The van der Waals surface area contributed by atoms with E-state index in [0.29, 0.717) is 0 Å². The van der Waals surface area contributed by atoms with Crippen LogP contribution in [0.1, 0.15) is 23.8 Å². The van der Waals surface area contributed by atoms with E-state index >= 15 is 0 Å². The Morgan fingerprint density at radius 3 is 3.06 bits per heavy atom. The molecule has 1 aliphatic heterocycles. The molecule has 0 spiro atoms. The van der Waals surface area contributed by atoms with Gasteiger partial charge in [-0.1, -0.05) is 6.92 Å². The third-order valence-corrected chi connectivity index (χ3v) is 4.12. The second-order valence-electron chi connectivity index (χ2n) is 4.02. The summed E-state index contributed by atoms with van der Waals surface area (Å²) in [4.78, 5) is 15.0. The van der Waals surface area contributed by atoms with Crippen LogP contribution in [0.3, 0.4) is 0 Å². The highest BCUT2D eigenvalue weighted by Crippen LogP contribution is 2.26. The second-order valence-corrected chi connectivity index (χ2v) is 5.02. The number of carbonyl (C=O) groups excluding carboxylic acids is 1. The first kappa shape index (κ1) is 11.6. The first-order chi connectivity index (χ1) is 7.76. The summed E-state index contributed by atoms with van der Waals surface area (Å²) < 4.78 is 4.78. The lowest BCUT2D eigenvalue weighted by molar-refractivity contribution is -0.152. The number of esters is 1. The normalized spacial score (nSPS) is 20.5. The van der Waals surface area contributed by atoms with Crippen molar-refractivity contribution in [2.24, 2.45) is 0 Å². The zero-order valence-electron chi connectivity index (χ0n) is 9.73. The number of aryl methyl sites for hydroxylation is 1. The molecule has 1 unspecified atom stereocenters. The number of carbonyl (C=O) groups is 1. The Morgan fingerprint density at radius 2 is 2.50 bits per heavy atom. The molecule has 0 N–H and O–H groups in total. The van der Waals surface area contributed by atoms with Crippen molar-refractivity contribution in [2.75, 3.05) is 13.7 Å². The minimum atomic E-state index is -0.0964. The Kier molecular flexibility index (Phi) is 3.61. The van der Waals surface area contributed by atoms with Gasteiger partial charge in [0.1, 0.15) is 6.04 Å². The zero-order valence-corrected chi connectivity index (χ0v) is 10.5. The number of ether oxygens (including phenoxy) is 1. The topological polar surface area (TPSA) is 29.5 Å². The minimum absolute atomic E-state index is 0.0168. The van der Waals surface area contributed by atoms with E-state index in [1.807, 2.05) is 0 Å². The summed E-state index contributed by atoms with van der Waals surface area (Å²) in [5.74, 6) is -0.0964. The number of nitrogens with zero attached hydrogens (tertiary/aromatic N) is 1. The van der Waals surface area contributed by atoms with Crippen LogP contribution in [0.15, 0.2) is 11.4 Å². The number of likely N-dealkylation sites (tertiary alicyclic amines) is 1. The molecule has 1 saturated heterocycles. The van der Waals surface area contributed by atoms with Crippen molar-refractivity contribution < 1.29 is 9.53 Å². The molecular weight excluding hydrogens is 222 g/mol. The SMILES string of the molecule is CCc1ccsc1CN1CCC1C(=O)OC. The van der Waals surface area contributed by atoms with Gasteiger partial charge in [-0.15, -0.1) is 11.3 Å². The highest BCUT2D eigenvalue weighted by Gasteiger charge is 2.35. The lowest BCUT2D eigenvalue weighted by atomic mass is 10.0. The van der Waals surface area contributed by atoms with Crippen molar-refractivity contribution in [1.29, 1.82) is 0 Å². The smallest absolute Gasteiger partial charge is 0.323 e. The standard InChI is InChI=1S/C12H17NO2S/c1-3-9-5-7-16-11(9)8-13-6-4-10(13)12(14)15-2/h5,7,10H,3-4,6,8H2,1-2H3. The average Bonchev–Trinajstić information content (AvgIpc) is 2.71. The van der Waals surface area contributed by atoms with Crippen molar-refractivity contribution in [1.82, 2.24) is 4.90 Å². The van der Waals surface area contributed by atoms with Crippen LogP contribution in [0.4, 0.5) is 0 Å². The molecule has 2 rings (SSSR count). The number of methoxy groups -OCH3 is 1. The van der Waals surface area contributed by atoms with Crippen molar-refractivity contribution in [2.45, 2.75) is 32.4 Å². The summed E-state index contributed by atoms with van der Waals surface area (Å²) in [6, 6.07) is 2.16. The molecule has 4 heteroatoms. The minimum Gasteiger partial charge on any atom is -0.468 e.